The molecule has 2 saturated heterocycles. The van der Waals surface area contributed by atoms with Crippen molar-refractivity contribution in [3.63, 3.8) is 0 Å². The SMILES string of the molecule is C[C@H]1C[C@@H](C(=O)Nc2cccc(OCC3CCCO3)c2)CCN1.Cl. The molecule has 1 aromatic carbocycles. The van der Waals surface area contributed by atoms with Crippen LogP contribution in [0.4, 0.5) is 5.69 Å². The number of benzene rings is 1. The standard InChI is InChI=1S/C18H26N2O3.ClH/c1-13-10-14(7-8-19-13)18(21)20-15-4-2-5-16(11-15)23-12-17-6-3-9-22-17;/h2,4-5,11,13-14,17,19H,3,6-10,12H2,1H3,(H,20,21);1H/t13-,14-,17?;/m0./s1. The van der Waals surface area contributed by atoms with Crippen LogP contribution in [-0.2, 0) is 9.53 Å². The molecule has 3 rings (SSSR count). The lowest BCUT2D eigenvalue weighted by atomic mass is 9.92. The topological polar surface area (TPSA) is 59.6 Å². The van der Waals surface area contributed by atoms with Gasteiger partial charge in [-0.3, -0.25) is 4.79 Å². The Kier molecular flexibility index (Phi) is 7.34. The fourth-order valence-corrected chi connectivity index (χ4v) is 3.24. The first-order valence-corrected chi connectivity index (χ1v) is 8.59. The molecule has 134 valence electrons. The molecule has 2 fully saturated rings. The molecule has 0 saturated carbocycles. The second-order valence-electron chi connectivity index (χ2n) is 6.54. The van der Waals surface area contributed by atoms with Crippen molar-refractivity contribution in [2.75, 3.05) is 25.1 Å². The molecule has 2 heterocycles. The molecule has 24 heavy (non-hydrogen) atoms. The normalized spacial score (nSPS) is 26.5. The molecule has 3 atom stereocenters. The van der Waals surface area contributed by atoms with Gasteiger partial charge in [-0.1, -0.05) is 6.07 Å². The molecule has 5 nitrogen and oxygen atoms in total. The maximum Gasteiger partial charge on any atom is 0.227 e. The van der Waals surface area contributed by atoms with Gasteiger partial charge >= 0.3 is 0 Å². The molecule has 6 heteroatoms. The Morgan fingerprint density at radius 2 is 2.29 bits per heavy atom. The highest BCUT2D eigenvalue weighted by Gasteiger charge is 2.24. The van der Waals surface area contributed by atoms with Gasteiger partial charge in [-0.05, 0) is 51.3 Å². The summed E-state index contributed by atoms with van der Waals surface area (Å²) in [5, 5.41) is 6.39. The summed E-state index contributed by atoms with van der Waals surface area (Å²) < 4.78 is 11.3. The summed E-state index contributed by atoms with van der Waals surface area (Å²) in [6, 6.07) is 8.02. The average molecular weight is 355 g/mol. The fraction of sp³-hybridized carbons (Fsp3) is 0.611. The van der Waals surface area contributed by atoms with Crippen molar-refractivity contribution in [1.29, 1.82) is 0 Å². The van der Waals surface area contributed by atoms with Gasteiger partial charge in [0.15, 0.2) is 0 Å². The molecule has 0 aromatic heterocycles. The second kappa shape index (κ2) is 9.25. The van der Waals surface area contributed by atoms with Gasteiger partial charge in [0, 0.05) is 30.3 Å². The van der Waals surface area contributed by atoms with Gasteiger partial charge in [-0.15, -0.1) is 12.4 Å². The van der Waals surface area contributed by atoms with E-state index in [4.69, 9.17) is 9.47 Å². The van der Waals surface area contributed by atoms with Crippen LogP contribution in [0, 0.1) is 5.92 Å². The third-order valence-corrected chi connectivity index (χ3v) is 4.56. The van der Waals surface area contributed by atoms with E-state index in [9.17, 15) is 4.79 Å². The van der Waals surface area contributed by atoms with Gasteiger partial charge in [0.25, 0.3) is 0 Å². The summed E-state index contributed by atoms with van der Waals surface area (Å²) in [5.41, 5.74) is 0.797. The summed E-state index contributed by atoms with van der Waals surface area (Å²) in [5.74, 6) is 0.967. The lowest BCUT2D eigenvalue weighted by Crippen LogP contribution is -2.40. The Morgan fingerprint density at radius 1 is 1.42 bits per heavy atom. The Hall–Kier alpha value is -1.30. The van der Waals surface area contributed by atoms with E-state index in [0.717, 1.165) is 50.3 Å². The molecule has 0 spiro atoms. The van der Waals surface area contributed by atoms with Crippen LogP contribution in [0.1, 0.15) is 32.6 Å². The summed E-state index contributed by atoms with van der Waals surface area (Å²) in [4.78, 5) is 12.4. The molecule has 2 aliphatic rings. The van der Waals surface area contributed by atoms with E-state index in [1.165, 1.54) is 0 Å². The van der Waals surface area contributed by atoms with E-state index in [2.05, 4.69) is 17.6 Å². The van der Waals surface area contributed by atoms with Crippen LogP contribution in [0.2, 0.25) is 0 Å². The van der Waals surface area contributed by atoms with Gasteiger partial charge in [-0.25, -0.2) is 0 Å². The summed E-state index contributed by atoms with van der Waals surface area (Å²) in [7, 11) is 0. The molecule has 0 aliphatic carbocycles. The van der Waals surface area contributed by atoms with Crippen molar-refractivity contribution in [1.82, 2.24) is 5.32 Å². The molecule has 2 aliphatic heterocycles. The number of carbonyl (C=O) groups is 1. The third-order valence-electron chi connectivity index (χ3n) is 4.56. The number of rotatable bonds is 5. The predicted molar refractivity (Wildman–Crippen MR) is 97.0 cm³/mol. The van der Waals surface area contributed by atoms with Crippen LogP contribution in [0.25, 0.3) is 0 Å². The minimum Gasteiger partial charge on any atom is -0.491 e. The first-order valence-electron chi connectivity index (χ1n) is 8.59. The Morgan fingerprint density at radius 3 is 3.04 bits per heavy atom. The lowest BCUT2D eigenvalue weighted by Gasteiger charge is -2.27. The molecule has 1 aromatic rings. The molecule has 0 radical (unpaired) electrons. The van der Waals surface area contributed by atoms with Crippen LogP contribution in [0.5, 0.6) is 5.75 Å². The minimum atomic E-state index is 0. The summed E-state index contributed by atoms with van der Waals surface area (Å²) in [6.45, 7) is 4.44. The van der Waals surface area contributed by atoms with Crippen molar-refractivity contribution in [2.45, 2.75) is 44.8 Å². The van der Waals surface area contributed by atoms with E-state index in [0.29, 0.717) is 12.6 Å². The Bertz CT molecular complexity index is 535. The zero-order chi connectivity index (χ0) is 16.1. The number of ether oxygens (including phenoxy) is 2. The monoisotopic (exact) mass is 354 g/mol. The Balaban J connectivity index is 0.00000208. The van der Waals surface area contributed by atoms with Crippen molar-refractivity contribution in [3.8, 4) is 5.75 Å². The molecular formula is C18H27ClN2O3. The molecule has 2 N–H and O–H groups in total. The van der Waals surface area contributed by atoms with E-state index in [1.807, 2.05) is 24.3 Å². The number of anilines is 1. The summed E-state index contributed by atoms with van der Waals surface area (Å²) in [6.07, 6.45) is 4.15. The predicted octanol–water partition coefficient (Wildman–Crippen LogP) is 2.99. The van der Waals surface area contributed by atoms with E-state index < -0.39 is 0 Å². The third kappa shape index (κ3) is 5.36. The van der Waals surface area contributed by atoms with E-state index >= 15 is 0 Å². The smallest absolute Gasteiger partial charge is 0.227 e. The maximum atomic E-state index is 12.4. The maximum absolute atomic E-state index is 12.4. The zero-order valence-electron chi connectivity index (χ0n) is 14.1. The van der Waals surface area contributed by atoms with Crippen molar-refractivity contribution < 1.29 is 14.3 Å². The van der Waals surface area contributed by atoms with Crippen LogP contribution in [0.3, 0.4) is 0 Å². The van der Waals surface area contributed by atoms with Crippen LogP contribution < -0.4 is 15.4 Å². The fourth-order valence-electron chi connectivity index (χ4n) is 3.24. The molecular weight excluding hydrogens is 328 g/mol. The minimum absolute atomic E-state index is 0. The average Bonchev–Trinajstić information content (AvgIpc) is 3.07. The highest BCUT2D eigenvalue weighted by Crippen LogP contribution is 2.22. The first kappa shape index (κ1) is 19.0. The van der Waals surface area contributed by atoms with Gasteiger partial charge in [0.05, 0.1) is 6.10 Å². The first-order chi connectivity index (χ1) is 11.2. The van der Waals surface area contributed by atoms with E-state index in [1.54, 1.807) is 0 Å². The van der Waals surface area contributed by atoms with Crippen molar-refractivity contribution in [3.05, 3.63) is 24.3 Å². The van der Waals surface area contributed by atoms with Gasteiger partial charge < -0.3 is 20.1 Å². The van der Waals surface area contributed by atoms with Crippen molar-refractivity contribution in [2.24, 2.45) is 5.92 Å². The van der Waals surface area contributed by atoms with Crippen molar-refractivity contribution >= 4 is 24.0 Å². The second-order valence-corrected chi connectivity index (χ2v) is 6.54. The number of carbonyl (C=O) groups excluding carboxylic acids is 1. The Labute approximate surface area is 149 Å². The van der Waals surface area contributed by atoms with Gasteiger partial charge in [0.2, 0.25) is 5.91 Å². The zero-order valence-corrected chi connectivity index (χ0v) is 14.9. The molecule has 1 unspecified atom stereocenters. The van der Waals surface area contributed by atoms with E-state index in [-0.39, 0.29) is 30.3 Å². The highest BCUT2D eigenvalue weighted by molar-refractivity contribution is 5.92. The number of hydrogen-bond donors (Lipinski definition) is 2. The number of hydrogen-bond acceptors (Lipinski definition) is 4. The number of nitrogens with one attached hydrogen (secondary N) is 2. The summed E-state index contributed by atoms with van der Waals surface area (Å²) >= 11 is 0. The lowest BCUT2D eigenvalue weighted by molar-refractivity contribution is -0.120. The molecule has 1 amide bonds. The van der Waals surface area contributed by atoms with Crippen LogP contribution in [-0.4, -0.2) is 37.8 Å². The van der Waals surface area contributed by atoms with Gasteiger partial charge in [-0.2, -0.15) is 0 Å². The quantitative estimate of drug-likeness (QED) is 0.853. The van der Waals surface area contributed by atoms with Crippen LogP contribution in [0.15, 0.2) is 24.3 Å². The number of amides is 1. The van der Waals surface area contributed by atoms with Crippen LogP contribution >= 0.6 is 12.4 Å². The largest absolute Gasteiger partial charge is 0.491 e. The number of piperidine rings is 1. The van der Waals surface area contributed by atoms with Gasteiger partial charge in [0.1, 0.15) is 12.4 Å². The number of halogens is 1. The molecule has 0 bridgehead atoms. The highest BCUT2D eigenvalue weighted by atomic mass is 35.5.